The number of nitrogens with one attached hydrogen (secondary N) is 1. The Bertz CT molecular complexity index is 853. The van der Waals surface area contributed by atoms with Gasteiger partial charge in [-0.1, -0.05) is 0 Å². The Kier molecular flexibility index (Phi) is 8.24. The van der Waals surface area contributed by atoms with E-state index in [0.29, 0.717) is 31.5 Å². The minimum absolute atomic E-state index is 0.0270. The highest BCUT2D eigenvalue weighted by atomic mass is 19.1. The Morgan fingerprint density at radius 1 is 1.10 bits per heavy atom. The minimum Gasteiger partial charge on any atom is -0.491 e. The number of halogens is 1. The molecule has 1 aliphatic heterocycles. The zero-order valence-electron chi connectivity index (χ0n) is 17.9. The van der Waals surface area contributed by atoms with E-state index in [1.807, 2.05) is 19.9 Å². The van der Waals surface area contributed by atoms with Crippen molar-refractivity contribution in [2.75, 3.05) is 38.2 Å². The first-order chi connectivity index (χ1) is 15.1. The second kappa shape index (κ2) is 11.3. The van der Waals surface area contributed by atoms with Crippen LogP contribution in [0.15, 0.2) is 24.5 Å². The molecule has 0 bridgehead atoms. The van der Waals surface area contributed by atoms with Gasteiger partial charge in [0.2, 0.25) is 11.8 Å². The van der Waals surface area contributed by atoms with Crippen LogP contribution >= 0.6 is 0 Å². The van der Waals surface area contributed by atoms with Crippen molar-refractivity contribution in [1.82, 2.24) is 14.9 Å². The van der Waals surface area contributed by atoms with Gasteiger partial charge in [-0.2, -0.15) is 9.65 Å². The summed E-state index contributed by atoms with van der Waals surface area (Å²) in [7, 11) is 0. The van der Waals surface area contributed by atoms with Crippen molar-refractivity contribution in [2.24, 2.45) is 0 Å². The number of likely N-dealkylation sites (tertiary alicyclic amines) is 1. The molecule has 1 aromatic carbocycles. The summed E-state index contributed by atoms with van der Waals surface area (Å²) >= 11 is 0. The Hall–Kier alpha value is -3.12. The number of benzene rings is 1. The highest BCUT2D eigenvalue weighted by molar-refractivity contribution is 5.40. The minimum atomic E-state index is -0.445. The largest absolute Gasteiger partial charge is 0.491 e. The summed E-state index contributed by atoms with van der Waals surface area (Å²) in [5.41, 5.74) is 0.969. The third-order valence-corrected chi connectivity index (χ3v) is 4.92. The van der Waals surface area contributed by atoms with Crippen molar-refractivity contribution >= 4 is 5.95 Å². The summed E-state index contributed by atoms with van der Waals surface area (Å²) in [6.07, 6.45) is 4.99. The monoisotopic (exact) mass is 429 g/mol. The van der Waals surface area contributed by atoms with E-state index in [1.165, 1.54) is 0 Å². The van der Waals surface area contributed by atoms with Crippen molar-refractivity contribution in [3.8, 4) is 23.3 Å². The number of anilines is 1. The molecule has 2 aromatic rings. The Morgan fingerprint density at radius 2 is 1.71 bits per heavy atom. The third-order valence-electron chi connectivity index (χ3n) is 4.92. The molecule has 0 atom stereocenters. The molecule has 0 spiro atoms. The first-order valence-electron chi connectivity index (χ1n) is 10.5. The van der Waals surface area contributed by atoms with Crippen molar-refractivity contribution in [3.63, 3.8) is 0 Å². The number of ether oxygens (including phenoxy) is 3. The predicted molar refractivity (Wildman–Crippen MR) is 114 cm³/mol. The van der Waals surface area contributed by atoms with Crippen molar-refractivity contribution < 1.29 is 18.6 Å². The quantitative estimate of drug-likeness (QED) is 0.614. The molecule has 166 valence electrons. The van der Waals surface area contributed by atoms with Crippen LogP contribution in [0.2, 0.25) is 0 Å². The zero-order valence-corrected chi connectivity index (χ0v) is 17.9. The number of nitriles is 1. The molecular formula is C22H28FN5O3. The van der Waals surface area contributed by atoms with E-state index >= 15 is 0 Å². The maximum absolute atomic E-state index is 14.4. The summed E-state index contributed by atoms with van der Waals surface area (Å²) < 4.78 is 30.5. The number of aromatic nitrogens is 2. The fraction of sp³-hybridized carbons (Fsp3) is 0.500. The van der Waals surface area contributed by atoms with Gasteiger partial charge in [0.25, 0.3) is 0 Å². The smallest absolute Gasteiger partial charge is 0.223 e. The van der Waals surface area contributed by atoms with Crippen LogP contribution in [-0.4, -0.2) is 53.8 Å². The van der Waals surface area contributed by atoms with E-state index in [4.69, 9.17) is 19.5 Å². The lowest BCUT2D eigenvalue weighted by Crippen LogP contribution is -2.39. The second-order valence-electron chi connectivity index (χ2n) is 7.16. The van der Waals surface area contributed by atoms with E-state index in [-0.39, 0.29) is 24.1 Å². The van der Waals surface area contributed by atoms with E-state index in [1.54, 1.807) is 24.5 Å². The van der Waals surface area contributed by atoms with Crippen molar-refractivity contribution in [3.05, 3.63) is 35.9 Å². The molecule has 9 heteroatoms. The SMILES string of the molecule is CCOc1cc(CN2CCC(Nc3ncc(OCC#N)cn3)CC2)cc(OCC)c1F. The van der Waals surface area contributed by atoms with Gasteiger partial charge < -0.3 is 19.5 Å². The summed E-state index contributed by atoms with van der Waals surface area (Å²) in [5.74, 6) is 1.04. The highest BCUT2D eigenvalue weighted by Crippen LogP contribution is 2.30. The Morgan fingerprint density at radius 3 is 2.26 bits per heavy atom. The Balaban J connectivity index is 1.53. The maximum Gasteiger partial charge on any atom is 0.223 e. The average Bonchev–Trinajstić information content (AvgIpc) is 2.78. The number of hydrogen-bond donors (Lipinski definition) is 1. The van der Waals surface area contributed by atoms with Crippen LogP contribution in [0.3, 0.4) is 0 Å². The van der Waals surface area contributed by atoms with Crippen molar-refractivity contribution in [1.29, 1.82) is 5.26 Å². The van der Waals surface area contributed by atoms with Gasteiger partial charge in [-0.25, -0.2) is 9.97 Å². The topological polar surface area (TPSA) is 92.5 Å². The molecule has 0 amide bonds. The Labute approximate surface area is 182 Å². The second-order valence-corrected chi connectivity index (χ2v) is 7.16. The lowest BCUT2D eigenvalue weighted by atomic mass is 10.0. The number of hydrogen-bond acceptors (Lipinski definition) is 8. The zero-order chi connectivity index (χ0) is 22.1. The molecule has 0 saturated carbocycles. The molecule has 0 unspecified atom stereocenters. The summed E-state index contributed by atoms with van der Waals surface area (Å²) in [4.78, 5) is 10.8. The molecule has 1 saturated heterocycles. The molecule has 1 N–H and O–H groups in total. The van der Waals surface area contributed by atoms with E-state index in [2.05, 4.69) is 20.2 Å². The van der Waals surface area contributed by atoms with Gasteiger partial charge in [0.05, 0.1) is 25.6 Å². The molecule has 31 heavy (non-hydrogen) atoms. The predicted octanol–water partition coefficient (Wildman–Crippen LogP) is 3.39. The third kappa shape index (κ3) is 6.43. The van der Waals surface area contributed by atoms with Gasteiger partial charge in [0, 0.05) is 25.7 Å². The number of nitrogens with zero attached hydrogens (tertiary/aromatic N) is 4. The molecule has 2 heterocycles. The van der Waals surface area contributed by atoms with Crippen LogP contribution in [0.4, 0.5) is 10.3 Å². The molecule has 0 aliphatic carbocycles. The van der Waals surface area contributed by atoms with Gasteiger partial charge in [0.15, 0.2) is 23.9 Å². The van der Waals surface area contributed by atoms with Gasteiger partial charge in [-0.15, -0.1) is 0 Å². The first-order valence-corrected chi connectivity index (χ1v) is 10.5. The average molecular weight is 429 g/mol. The number of rotatable bonds is 10. The van der Waals surface area contributed by atoms with Gasteiger partial charge in [0.1, 0.15) is 6.07 Å². The molecule has 1 aliphatic rings. The summed E-state index contributed by atoms with van der Waals surface area (Å²) in [5, 5.41) is 11.9. The van der Waals surface area contributed by atoms with Crippen LogP contribution in [0.1, 0.15) is 32.3 Å². The van der Waals surface area contributed by atoms with Gasteiger partial charge >= 0.3 is 0 Å². The van der Waals surface area contributed by atoms with E-state index in [9.17, 15) is 4.39 Å². The fourth-order valence-electron chi connectivity index (χ4n) is 3.50. The summed E-state index contributed by atoms with van der Waals surface area (Å²) in [6, 6.07) is 5.70. The van der Waals surface area contributed by atoms with Gasteiger partial charge in [-0.05, 0) is 44.4 Å². The van der Waals surface area contributed by atoms with E-state index in [0.717, 1.165) is 31.5 Å². The standard InChI is InChI=1S/C22H28FN5O3/c1-3-29-19-11-16(12-20(21(19)23)30-4-2)15-28-8-5-17(6-9-28)27-22-25-13-18(14-26-22)31-10-7-24/h11-14,17H,3-6,8-10,15H2,1-2H3,(H,25,26,27). The maximum atomic E-state index is 14.4. The van der Waals surface area contributed by atoms with Crippen LogP contribution in [-0.2, 0) is 6.54 Å². The molecule has 1 aromatic heterocycles. The molecule has 3 rings (SSSR count). The fourth-order valence-corrected chi connectivity index (χ4v) is 3.50. The molecule has 0 radical (unpaired) electrons. The molecule has 8 nitrogen and oxygen atoms in total. The summed E-state index contributed by atoms with van der Waals surface area (Å²) in [6.45, 7) is 6.93. The van der Waals surface area contributed by atoms with Gasteiger partial charge in [-0.3, -0.25) is 4.90 Å². The van der Waals surface area contributed by atoms with Crippen LogP contribution < -0.4 is 19.5 Å². The van der Waals surface area contributed by atoms with Crippen molar-refractivity contribution in [2.45, 2.75) is 39.3 Å². The van der Waals surface area contributed by atoms with Crippen LogP contribution in [0, 0.1) is 17.1 Å². The van der Waals surface area contributed by atoms with Crippen LogP contribution in [0.25, 0.3) is 0 Å². The lowest BCUT2D eigenvalue weighted by molar-refractivity contribution is 0.210. The molecular weight excluding hydrogens is 401 g/mol. The van der Waals surface area contributed by atoms with Crippen LogP contribution in [0.5, 0.6) is 17.2 Å². The lowest BCUT2D eigenvalue weighted by Gasteiger charge is -2.32. The number of piperidine rings is 1. The normalized spacial score (nSPS) is 14.6. The molecule has 1 fully saturated rings. The first kappa shape index (κ1) is 22.6. The highest BCUT2D eigenvalue weighted by Gasteiger charge is 2.21. The van der Waals surface area contributed by atoms with E-state index < -0.39 is 5.82 Å².